The van der Waals surface area contributed by atoms with Crippen LogP contribution >= 0.6 is 0 Å². The number of aryl methyl sites for hydroxylation is 1. The Hall–Kier alpha value is -2.49. The van der Waals surface area contributed by atoms with Gasteiger partial charge in [-0.25, -0.2) is 0 Å². The fourth-order valence-corrected chi connectivity index (χ4v) is 2.39. The third-order valence-corrected chi connectivity index (χ3v) is 3.46. The zero-order chi connectivity index (χ0) is 14.1. The van der Waals surface area contributed by atoms with E-state index in [0.29, 0.717) is 6.42 Å². The van der Waals surface area contributed by atoms with Gasteiger partial charge in [-0.05, 0) is 36.2 Å². The van der Waals surface area contributed by atoms with E-state index in [2.05, 4.69) is 4.90 Å². The SMILES string of the molecule is CN1c2ccccc2Oc2cc(CCC(=O)O)ccc21. The van der Waals surface area contributed by atoms with E-state index in [1.807, 2.05) is 49.5 Å². The summed E-state index contributed by atoms with van der Waals surface area (Å²) in [7, 11) is 2.00. The summed E-state index contributed by atoms with van der Waals surface area (Å²) < 4.78 is 5.91. The van der Waals surface area contributed by atoms with Crippen LogP contribution in [0.5, 0.6) is 11.5 Å². The van der Waals surface area contributed by atoms with E-state index in [1.165, 1.54) is 0 Å². The van der Waals surface area contributed by atoms with Gasteiger partial charge in [0.15, 0.2) is 11.5 Å². The van der Waals surface area contributed by atoms with Crippen molar-refractivity contribution in [3.63, 3.8) is 0 Å². The van der Waals surface area contributed by atoms with Gasteiger partial charge in [0.05, 0.1) is 11.4 Å². The van der Waals surface area contributed by atoms with Crippen LogP contribution in [-0.2, 0) is 11.2 Å². The van der Waals surface area contributed by atoms with E-state index in [4.69, 9.17) is 9.84 Å². The van der Waals surface area contributed by atoms with E-state index in [1.54, 1.807) is 0 Å². The molecular weight excluding hydrogens is 254 g/mol. The highest BCUT2D eigenvalue weighted by atomic mass is 16.5. The Morgan fingerprint density at radius 1 is 1.15 bits per heavy atom. The van der Waals surface area contributed by atoms with Gasteiger partial charge in [0.1, 0.15) is 0 Å². The Morgan fingerprint density at radius 2 is 1.90 bits per heavy atom. The minimum Gasteiger partial charge on any atom is -0.481 e. The molecule has 4 nitrogen and oxygen atoms in total. The second-order valence-electron chi connectivity index (χ2n) is 4.82. The first kappa shape index (κ1) is 12.5. The minimum atomic E-state index is -0.786. The van der Waals surface area contributed by atoms with Gasteiger partial charge in [0.25, 0.3) is 0 Å². The lowest BCUT2D eigenvalue weighted by atomic mass is 10.1. The molecule has 20 heavy (non-hydrogen) atoms. The third-order valence-electron chi connectivity index (χ3n) is 3.46. The zero-order valence-electron chi connectivity index (χ0n) is 11.2. The van der Waals surface area contributed by atoms with Gasteiger partial charge in [-0.1, -0.05) is 18.2 Å². The van der Waals surface area contributed by atoms with E-state index in [9.17, 15) is 4.79 Å². The predicted octanol–water partition coefficient (Wildman–Crippen LogP) is 3.58. The minimum absolute atomic E-state index is 0.130. The molecule has 0 aliphatic carbocycles. The number of hydrogen-bond acceptors (Lipinski definition) is 3. The number of nitrogens with zero attached hydrogens (tertiary/aromatic N) is 1. The lowest BCUT2D eigenvalue weighted by Crippen LogP contribution is -2.15. The van der Waals surface area contributed by atoms with Gasteiger partial charge < -0.3 is 14.7 Å². The molecule has 0 atom stereocenters. The first-order valence-electron chi connectivity index (χ1n) is 6.50. The molecule has 0 saturated heterocycles. The number of carbonyl (C=O) groups is 1. The van der Waals surface area contributed by atoms with Crippen molar-refractivity contribution in [1.82, 2.24) is 0 Å². The summed E-state index contributed by atoms with van der Waals surface area (Å²) in [5, 5.41) is 8.75. The Labute approximate surface area is 117 Å². The van der Waals surface area contributed by atoms with Crippen LogP contribution < -0.4 is 9.64 Å². The monoisotopic (exact) mass is 269 g/mol. The van der Waals surface area contributed by atoms with Crippen LogP contribution in [0.15, 0.2) is 42.5 Å². The first-order valence-corrected chi connectivity index (χ1v) is 6.50. The molecule has 0 spiro atoms. The first-order chi connectivity index (χ1) is 9.65. The number of benzene rings is 2. The van der Waals surface area contributed by atoms with Crippen LogP contribution in [0.4, 0.5) is 11.4 Å². The van der Waals surface area contributed by atoms with Crippen molar-refractivity contribution in [3.8, 4) is 11.5 Å². The summed E-state index contributed by atoms with van der Waals surface area (Å²) in [6.07, 6.45) is 0.641. The number of ether oxygens (including phenoxy) is 1. The van der Waals surface area contributed by atoms with Crippen molar-refractivity contribution in [2.75, 3.05) is 11.9 Å². The van der Waals surface area contributed by atoms with Gasteiger partial charge in [-0.2, -0.15) is 0 Å². The van der Waals surface area contributed by atoms with Gasteiger partial charge in [0, 0.05) is 13.5 Å². The second-order valence-corrected chi connectivity index (χ2v) is 4.82. The number of carboxylic acid groups (broad SMARTS) is 1. The largest absolute Gasteiger partial charge is 0.481 e. The molecule has 1 aliphatic rings. The van der Waals surface area contributed by atoms with E-state index in [-0.39, 0.29) is 6.42 Å². The molecule has 0 saturated carbocycles. The summed E-state index contributed by atoms with van der Waals surface area (Å²) in [6, 6.07) is 13.7. The third kappa shape index (κ3) is 2.20. The van der Waals surface area contributed by atoms with E-state index >= 15 is 0 Å². The van der Waals surface area contributed by atoms with Crippen LogP contribution in [-0.4, -0.2) is 18.1 Å². The molecular formula is C16H15NO3. The van der Waals surface area contributed by atoms with Crippen LogP contribution in [0.3, 0.4) is 0 Å². The highest BCUT2D eigenvalue weighted by molar-refractivity contribution is 5.77. The summed E-state index contributed by atoms with van der Waals surface area (Å²) in [4.78, 5) is 12.7. The Bertz CT molecular complexity index is 667. The molecule has 4 heteroatoms. The molecule has 0 unspecified atom stereocenters. The highest BCUT2D eigenvalue weighted by Crippen LogP contribution is 2.45. The van der Waals surface area contributed by atoms with Gasteiger partial charge in [-0.15, -0.1) is 0 Å². The number of para-hydroxylation sites is 2. The molecule has 0 fully saturated rings. The number of aliphatic carboxylic acids is 1. The zero-order valence-corrected chi connectivity index (χ0v) is 11.2. The van der Waals surface area contributed by atoms with Crippen molar-refractivity contribution in [2.24, 2.45) is 0 Å². The molecule has 0 bridgehead atoms. The maximum absolute atomic E-state index is 10.6. The highest BCUT2D eigenvalue weighted by Gasteiger charge is 2.21. The lowest BCUT2D eigenvalue weighted by Gasteiger charge is -2.29. The molecule has 1 aliphatic heterocycles. The van der Waals surface area contributed by atoms with Crippen LogP contribution in [0.1, 0.15) is 12.0 Å². The number of hydrogen-bond donors (Lipinski definition) is 1. The predicted molar refractivity (Wildman–Crippen MR) is 77.0 cm³/mol. The average Bonchev–Trinajstić information content (AvgIpc) is 2.45. The molecule has 3 rings (SSSR count). The van der Waals surface area contributed by atoms with Crippen LogP contribution in [0.2, 0.25) is 0 Å². The number of anilines is 2. The quantitative estimate of drug-likeness (QED) is 0.925. The topological polar surface area (TPSA) is 49.8 Å². The van der Waals surface area contributed by atoms with Crippen LogP contribution in [0.25, 0.3) is 0 Å². The summed E-state index contributed by atoms with van der Waals surface area (Å²) in [6.45, 7) is 0. The number of rotatable bonds is 3. The molecule has 0 radical (unpaired) electrons. The second kappa shape index (κ2) is 4.89. The van der Waals surface area contributed by atoms with Crippen molar-refractivity contribution >= 4 is 17.3 Å². The molecule has 102 valence electrons. The normalized spacial score (nSPS) is 12.3. The fourth-order valence-electron chi connectivity index (χ4n) is 2.39. The van der Waals surface area contributed by atoms with Crippen molar-refractivity contribution < 1.29 is 14.6 Å². The fraction of sp³-hybridized carbons (Fsp3) is 0.188. The molecule has 2 aromatic rings. The number of fused-ring (bicyclic) bond motifs is 2. The lowest BCUT2D eigenvalue weighted by molar-refractivity contribution is -0.136. The molecule has 2 aromatic carbocycles. The van der Waals surface area contributed by atoms with Gasteiger partial charge >= 0.3 is 5.97 Å². The molecule has 1 N–H and O–H groups in total. The van der Waals surface area contributed by atoms with Crippen molar-refractivity contribution in [3.05, 3.63) is 48.0 Å². The smallest absolute Gasteiger partial charge is 0.303 e. The molecule has 1 heterocycles. The summed E-state index contributed by atoms with van der Waals surface area (Å²) >= 11 is 0. The number of carboxylic acids is 1. The Balaban J connectivity index is 1.92. The van der Waals surface area contributed by atoms with E-state index in [0.717, 1.165) is 28.4 Å². The van der Waals surface area contributed by atoms with Crippen molar-refractivity contribution in [1.29, 1.82) is 0 Å². The summed E-state index contributed by atoms with van der Waals surface area (Å²) in [5.41, 5.74) is 2.99. The Morgan fingerprint density at radius 3 is 2.70 bits per heavy atom. The molecule has 0 aromatic heterocycles. The standard InChI is InChI=1S/C16H15NO3/c1-17-12-4-2-3-5-14(12)20-15-10-11(6-8-13(15)17)7-9-16(18)19/h2-6,8,10H,7,9H2,1H3,(H,18,19). The summed E-state index contributed by atoms with van der Waals surface area (Å²) in [5.74, 6) is 0.804. The van der Waals surface area contributed by atoms with Crippen LogP contribution in [0, 0.1) is 0 Å². The molecule has 0 amide bonds. The Kier molecular flexibility index (Phi) is 3.06. The average molecular weight is 269 g/mol. The maximum Gasteiger partial charge on any atom is 0.303 e. The van der Waals surface area contributed by atoms with Gasteiger partial charge in [-0.3, -0.25) is 4.79 Å². The van der Waals surface area contributed by atoms with Gasteiger partial charge in [0.2, 0.25) is 0 Å². The van der Waals surface area contributed by atoms with E-state index < -0.39 is 5.97 Å². The maximum atomic E-state index is 10.6. The van der Waals surface area contributed by atoms with Crippen molar-refractivity contribution in [2.45, 2.75) is 12.8 Å².